The second-order valence-corrected chi connectivity index (χ2v) is 4.83. The van der Waals surface area contributed by atoms with E-state index in [2.05, 4.69) is 5.32 Å². The fraction of sp³-hybridized carbons (Fsp3) is 0.250. The predicted octanol–water partition coefficient (Wildman–Crippen LogP) is 2.12. The Morgan fingerprint density at radius 1 is 1.29 bits per heavy atom. The first kappa shape index (κ1) is 15.0. The minimum absolute atomic E-state index is 0.0324. The van der Waals surface area contributed by atoms with Crippen LogP contribution in [0.15, 0.2) is 47.4 Å². The van der Waals surface area contributed by atoms with E-state index in [1.807, 2.05) is 13.0 Å². The zero-order chi connectivity index (χ0) is 15.2. The largest absolute Gasteiger partial charge is 0.352 e. The molecule has 0 unspecified atom stereocenters. The summed E-state index contributed by atoms with van der Waals surface area (Å²) in [6.07, 6.45) is 2.33. The van der Waals surface area contributed by atoms with E-state index in [4.69, 9.17) is 0 Å². The van der Waals surface area contributed by atoms with Crippen LogP contribution in [0.4, 0.5) is 4.39 Å². The van der Waals surface area contributed by atoms with Gasteiger partial charge in [-0.1, -0.05) is 12.1 Å². The van der Waals surface area contributed by atoms with Gasteiger partial charge in [0.1, 0.15) is 5.82 Å². The number of carbonyl (C=O) groups excluding carboxylic acids is 1. The van der Waals surface area contributed by atoms with Crippen LogP contribution in [0, 0.1) is 12.7 Å². The van der Waals surface area contributed by atoms with Gasteiger partial charge in [-0.2, -0.15) is 0 Å². The number of halogens is 1. The molecule has 4 nitrogen and oxygen atoms in total. The lowest BCUT2D eigenvalue weighted by Gasteiger charge is -2.08. The quantitative estimate of drug-likeness (QED) is 0.857. The molecular weight excluding hydrogens is 271 g/mol. The molecule has 1 aromatic carbocycles. The van der Waals surface area contributed by atoms with E-state index in [0.717, 1.165) is 5.56 Å². The van der Waals surface area contributed by atoms with Crippen molar-refractivity contribution < 1.29 is 9.18 Å². The van der Waals surface area contributed by atoms with Gasteiger partial charge < -0.3 is 9.88 Å². The number of nitrogens with zero attached hydrogens (tertiary/aromatic N) is 1. The summed E-state index contributed by atoms with van der Waals surface area (Å²) >= 11 is 0. The number of aromatic nitrogens is 1. The minimum atomic E-state index is -0.537. The first-order valence-corrected chi connectivity index (χ1v) is 6.78. The Hall–Kier alpha value is -2.43. The van der Waals surface area contributed by atoms with Crippen molar-refractivity contribution in [2.45, 2.75) is 19.9 Å². The summed E-state index contributed by atoms with van der Waals surface area (Å²) < 4.78 is 15.0. The van der Waals surface area contributed by atoms with Gasteiger partial charge in [0.25, 0.3) is 11.5 Å². The SMILES string of the molecule is Cc1ccn(CCCNC(=O)c2ccccc2F)c(=O)c1. The van der Waals surface area contributed by atoms with Crippen molar-refractivity contribution in [1.29, 1.82) is 0 Å². The van der Waals surface area contributed by atoms with Gasteiger partial charge in [-0.05, 0) is 37.1 Å². The van der Waals surface area contributed by atoms with E-state index >= 15 is 0 Å². The normalized spacial score (nSPS) is 10.4. The molecule has 0 saturated carbocycles. The highest BCUT2D eigenvalue weighted by Gasteiger charge is 2.09. The number of hydrogen-bond acceptors (Lipinski definition) is 2. The highest BCUT2D eigenvalue weighted by atomic mass is 19.1. The molecule has 0 aliphatic rings. The number of nitrogens with one attached hydrogen (secondary N) is 1. The van der Waals surface area contributed by atoms with Gasteiger partial charge in [-0.15, -0.1) is 0 Å². The molecule has 2 aromatic rings. The van der Waals surface area contributed by atoms with Gasteiger partial charge >= 0.3 is 0 Å². The molecule has 0 saturated heterocycles. The second-order valence-electron chi connectivity index (χ2n) is 4.83. The standard InChI is InChI=1S/C16H17FN2O2/c1-12-7-10-19(15(20)11-12)9-4-8-18-16(21)13-5-2-3-6-14(13)17/h2-3,5-7,10-11H,4,8-9H2,1H3,(H,18,21). The monoisotopic (exact) mass is 288 g/mol. The number of carbonyl (C=O) groups is 1. The summed E-state index contributed by atoms with van der Waals surface area (Å²) in [5.74, 6) is -0.978. The van der Waals surface area contributed by atoms with Gasteiger partial charge in [0.05, 0.1) is 5.56 Å². The minimum Gasteiger partial charge on any atom is -0.352 e. The Morgan fingerprint density at radius 2 is 2.05 bits per heavy atom. The Kier molecular flexibility index (Phi) is 4.87. The summed E-state index contributed by atoms with van der Waals surface area (Å²) in [5.41, 5.74) is 0.893. The van der Waals surface area contributed by atoms with Crippen LogP contribution in [0.2, 0.25) is 0 Å². The fourth-order valence-corrected chi connectivity index (χ4v) is 1.98. The highest BCUT2D eigenvalue weighted by Crippen LogP contribution is 2.05. The number of aryl methyl sites for hydroxylation is 2. The van der Waals surface area contributed by atoms with Gasteiger partial charge in [0.2, 0.25) is 0 Å². The first-order chi connectivity index (χ1) is 10.1. The summed E-state index contributed by atoms with van der Waals surface area (Å²) in [7, 11) is 0. The summed E-state index contributed by atoms with van der Waals surface area (Å²) in [5, 5.41) is 2.65. The Morgan fingerprint density at radius 3 is 2.76 bits per heavy atom. The van der Waals surface area contributed by atoms with Gasteiger partial charge in [0, 0.05) is 25.4 Å². The molecule has 110 valence electrons. The van der Waals surface area contributed by atoms with E-state index in [1.54, 1.807) is 22.9 Å². The molecule has 2 rings (SSSR count). The number of pyridine rings is 1. The third-order valence-corrected chi connectivity index (χ3v) is 3.13. The molecule has 0 atom stereocenters. The summed E-state index contributed by atoms with van der Waals surface area (Å²) in [6.45, 7) is 2.75. The molecule has 21 heavy (non-hydrogen) atoms. The van der Waals surface area contributed by atoms with Crippen LogP contribution < -0.4 is 10.9 Å². The molecule has 1 heterocycles. The number of benzene rings is 1. The molecule has 1 aromatic heterocycles. The van der Waals surface area contributed by atoms with Gasteiger partial charge in [-0.3, -0.25) is 9.59 Å². The van der Waals surface area contributed by atoms with E-state index in [9.17, 15) is 14.0 Å². The van der Waals surface area contributed by atoms with Crippen LogP contribution in [0.3, 0.4) is 0 Å². The van der Waals surface area contributed by atoms with Crippen LogP contribution in [-0.2, 0) is 6.54 Å². The number of rotatable bonds is 5. The molecule has 5 heteroatoms. The van der Waals surface area contributed by atoms with E-state index in [1.165, 1.54) is 18.2 Å². The molecule has 0 fully saturated rings. The Balaban J connectivity index is 1.84. The lowest BCUT2D eigenvalue weighted by atomic mass is 10.2. The van der Waals surface area contributed by atoms with Crippen molar-refractivity contribution >= 4 is 5.91 Å². The number of hydrogen-bond donors (Lipinski definition) is 1. The maximum atomic E-state index is 13.4. The molecule has 0 aliphatic heterocycles. The van der Waals surface area contributed by atoms with Crippen molar-refractivity contribution in [3.05, 3.63) is 69.9 Å². The Bertz CT molecular complexity index is 695. The fourth-order valence-electron chi connectivity index (χ4n) is 1.98. The van der Waals surface area contributed by atoms with Crippen molar-refractivity contribution in [2.75, 3.05) is 6.54 Å². The molecule has 1 amide bonds. The predicted molar refractivity (Wildman–Crippen MR) is 78.8 cm³/mol. The third kappa shape index (κ3) is 4.02. The maximum Gasteiger partial charge on any atom is 0.254 e. The van der Waals surface area contributed by atoms with E-state index in [0.29, 0.717) is 19.5 Å². The van der Waals surface area contributed by atoms with Crippen molar-refractivity contribution in [2.24, 2.45) is 0 Å². The van der Waals surface area contributed by atoms with Crippen molar-refractivity contribution in [1.82, 2.24) is 9.88 Å². The zero-order valence-corrected chi connectivity index (χ0v) is 11.8. The van der Waals surface area contributed by atoms with Crippen LogP contribution in [0.25, 0.3) is 0 Å². The van der Waals surface area contributed by atoms with Gasteiger partial charge in [-0.25, -0.2) is 4.39 Å². The van der Waals surface area contributed by atoms with Crippen molar-refractivity contribution in [3.63, 3.8) is 0 Å². The number of amides is 1. The average Bonchev–Trinajstić information content (AvgIpc) is 2.45. The smallest absolute Gasteiger partial charge is 0.254 e. The zero-order valence-electron chi connectivity index (χ0n) is 11.8. The second kappa shape index (κ2) is 6.83. The Labute approximate surface area is 122 Å². The molecule has 0 aliphatic carbocycles. The molecular formula is C16H17FN2O2. The lowest BCUT2D eigenvalue weighted by Crippen LogP contribution is -2.27. The van der Waals surface area contributed by atoms with E-state index < -0.39 is 11.7 Å². The molecule has 0 bridgehead atoms. The third-order valence-electron chi connectivity index (χ3n) is 3.13. The maximum absolute atomic E-state index is 13.4. The van der Waals surface area contributed by atoms with Gasteiger partial charge in [0.15, 0.2) is 0 Å². The molecule has 0 radical (unpaired) electrons. The van der Waals surface area contributed by atoms with Crippen LogP contribution >= 0.6 is 0 Å². The van der Waals surface area contributed by atoms with Crippen LogP contribution in [0.1, 0.15) is 22.3 Å². The summed E-state index contributed by atoms with van der Waals surface area (Å²) in [4.78, 5) is 23.4. The van der Waals surface area contributed by atoms with Crippen LogP contribution in [0.5, 0.6) is 0 Å². The highest BCUT2D eigenvalue weighted by molar-refractivity contribution is 5.94. The summed E-state index contributed by atoms with van der Waals surface area (Å²) in [6, 6.07) is 9.27. The topological polar surface area (TPSA) is 51.1 Å². The molecule has 0 spiro atoms. The molecule has 1 N–H and O–H groups in total. The first-order valence-electron chi connectivity index (χ1n) is 6.78. The van der Waals surface area contributed by atoms with E-state index in [-0.39, 0.29) is 11.1 Å². The van der Waals surface area contributed by atoms with Crippen molar-refractivity contribution in [3.8, 4) is 0 Å². The lowest BCUT2D eigenvalue weighted by molar-refractivity contribution is 0.0948. The average molecular weight is 288 g/mol. The van der Waals surface area contributed by atoms with Crippen LogP contribution in [-0.4, -0.2) is 17.0 Å².